The lowest BCUT2D eigenvalue weighted by Crippen LogP contribution is -2.49. The van der Waals surface area contributed by atoms with Crippen LogP contribution in [-0.2, 0) is 6.42 Å². The predicted octanol–water partition coefficient (Wildman–Crippen LogP) is 5.19. The number of ether oxygens (including phenoxy) is 1. The summed E-state index contributed by atoms with van der Waals surface area (Å²) in [7, 11) is 1.56. The second kappa shape index (κ2) is 9.43. The molecular formula is C27H29ClFN3O2. The second-order valence-electron chi connectivity index (χ2n) is 9.22. The molecule has 1 aromatic heterocycles. The van der Waals surface area contributed by atoms with Crippen molar-refractivity contribution in [1.82, 2.24) is 9.88 Å². The van der Waals surface area contributed by atoms with Crippen molar-refractivity contribution in [3.8, 4) is 5.75 Å². The summed E-state index contributed by atoms with van der Waals surface area (Å²) in [4.78, 5) is 15.5. The molecule has 1 aliphatic heterocycles. The van der Waals surface area contributed by atoms with Gasteiger partial charge in [0, 0.05) is 48.5 Å². The summed E-state index contributed by atoms with van der Waals surface area (Å²) in [5, 5.41) is 4.46. The number of anilines is 1. The van der Waals surface area contributed by atoms with Crippen molar-refractivity contribution < 1.29 is 9.13 Å². The molecule has 1 aliphatic carbocycles. The van der Waals surface area contributed by atoms with Crippen LogP contribution in [0.4, 0.5) is 10.1 Å². The molecule has 3 aromatic rings. The van der Waals surface area contributed by atoms with Gasteiger partial charge in [0.25, 0.3) is 0 Å². The number of nitrogens with zero attached hydrogens (tertiary/aromatic N) is 2. The molecule has 1 N–H and O–H groups in total. The van der Waals surface area contributed by atoms with Gasteiger partial charge in [0.05, 0.1) is 18.0 Å². The van der Waals surface area contributed by atoms with E-state index in [-0.39, 0.29) is 11.5 Å². The maximum atomic E-state index is 15.5. The number of piperazine rings is 1. The number of aromatic nitrogens is 1. The fourth-order valence-corrected chi connectivity index (χ4v) is 4.93. The van der Waals surface area contributed by atoms with E-state index in [1.54, 1.807) is 7.11 Å². The van der Waals surface area contributed by atoms with E-state index < -0.39 is 5.82 Å². The Bertz CT molecular complexity index is 1300. The van der Waals surface area contributed by atoms with E-state index in [9.17, 15) is 4.79 Å². The predicted molar refractivity (Wildman–Crippen MR) is 137 cm³/mol. The number of methoxy groups -OCH3 is 1. The van der Waals surface area contributed by atoms with Gasteiger partial charge in [0.2, 0.25) is 0 Å². The Hall–Kier alpha value is -2.83. The number of allylic oxidation sites excluding steroid dienone is 1. The van der Waals surface area contributed by atoms with Crippen LogP contribution in [0.2, 0.25) is 5.02 Å². The summed E-state index contributed by atoms with van der Waals surface area (Å²) >= 11 is 5.96. The van der Waals surface area contributed by atoms with Crippen LogP contribution >= 0.6 is 11.6 Å². The van der Waals surface area contributed by atoms with Gasteiger partial charge in [-0.3, -0.25) is 4.79 Å². The summed E-state index contributed by atoms with van der Waals surface area (Å²) in [6.45, 7) is 4.22. The zero-order chi connectivity index (χ0) is 23.8. The smallest absolute Gasteiger partial charge is 0.193 e. The normalized spacial score (nSPS) is 18.7. The third kappa shape index (κ3) is 4.44. The van der Waals surface area contributed by atoms with Crippen LogP contribution in [0, 0.1) is 5.82 Å². The molecule has 0 spiro atoms. The van der Waals surface area contributed by atoms with Crippen LogP contribution in [0.25, 0.3) is 17.0 Å². The molecule has 5 nitrogen and oxygen atoms in total. The zero-order valence-electron chi connectivity index (χ0n) is 19.5. The maximum absolute atomic E-state index is 15.5. The molecule has 1 atom stereocenters. The molecule has 7 heteroatoms. The summed E-state index contributed by atoms with van der Waals surface area (Å²) < 4.78 is 23.5. The molecular weight excluding hydrogens is 453 g/mol. The third-order valence-corrected chi connectivity index (χ3v) is 6.87. The van der Waals surface area contributed by atoms with Gasteiger partial charge in [-0.2, -0.15) is 0 Å². The van der Waals surface area contributed by atoms with Crippen molar-refractivity contribution in [2.24, 2.45) is 0 Å². The molecule has 178 valence electrons. The van der Waals surface area contributed by atoms with Crippen LogP contribution < -0.4 is 20.4 Å². The summed E-state index contributed by atoms with van der Waals surface area (Å²) in [6, 6.07) is 9.49. The average molecular weight is 482 g/mol. The minimum atomic E-state index is -0.410. The Labute approximate surface area is 203 Å². The molecule has 2 aliphatic rings. The summed E-state index contributed by atoms with van der Waals surface area (Å²) in [5.41, 5.74) is 2.66. The molecule has 2 aromatic carbocycles. The lowest BCUT2D eigenvalue weighted by atomic mass is 10.0. The monoisotopic (exact) mass is 481 g/mol. The van der Waals surface area contributed by atoms with E-state index in [1.165, 1.54) is 6.07 Å². The van der Waals surface area contributed by atoms with Gasteiger partial charge in [-0.25, -0.2) is 4.39 Å². The summed E-state index contributed by atoms with van der Waals surface area (Å²) in [6.07, 6.45) is 8.42. The SMILES string of the molecule is COc1c(N2CCNC(C)C2)c(F)cc2c(=O)c(C/C=C/c3ccc(Cl)cc3)cn(C3CC3)c12. The topological polar surface area (TPSA) is 46.5 Å². The minimum Gasteiger partial charge on any atom is -0.492 e. The molecule has 2 fully saturated rings. The van der Waals surface area contributed by atoms with Crippen LogP contribution in [0.3, 0.4) is 0 Å². The van der Waals surface area contributed by atoms with Gasteiger partial charge in [0.15, 0.2) is 17.0 Å². The average Bonchev–Trinajstić information content (AvgIpc) is 3.66. The minimum absolute atomic E-state index is 0.148. The lowest BCUT2D eigenvalue weighted by molar-refractivity contribution is 0.407. The molecule has 0 bridgehead atoms. The highest BCUT2D eigenvalue weighted by atomic mass is 35.5. The van der Waals surface area contributed by atoms with Gasteiger partial charge in [-0.05, 0) is 49.9 Å². The van der Waals surface area contributed by atoms with Crippen molar-refractivity contribution in [2.75, 3.05) is 31.6 Å². The van der Waals surface area contributed by atoms with E-state index in [0.717, 1.165) is 24.9 Å². The highest BCUT2D eigenvalue weighted by molar-refractivity contribution is 6.30. The summed E-state index contributed by atoms with van der Waals surface area (Å²) in [5.74, 6) is 0.0445. The van der Waals surface area contributed by atoms with Gasteiger partial charge < -0.3 is 19.5 Å². The fraction of sp³-hybridized carbons (Fsp3) is 0.370. The van der Waals surface area contributed by atoms with E-state index in [2.05, 4.69) is 16.8 Å². The van der Waals surface area contributed by atoms with Crippen molar-refractivity contribution >= 4 is 34.3 Å². The number of benzene rings is 2. The van der Waals surface area contributed by atoms with Crippen molar-refractivity contribution in [3.63, 3.8) is 0 Å². The first-order valence-electron chi connectivity index (χ1n) is 11.8. The Balaban J connectivity index is 1.59. The van der Waals surface area contributed by atoms with E-state index >= 15 is 4.39 Å². The maximum Gasteiger partial charge on any atom is 0.193 e. The molecule has 2 heterocycles. The van der Waals surface area contributed by atoms with Crippen LogP contribution in [0.5, 0.6) is 5.75 Å². The van der Waals surface area contributed by atoms with E-state index in [0.29, 0.717) is 58.5 Å². The molecule has 34 heavy (non-hydrogen) atoms. The number of pyridine rings is 1. The van der Waals surface area contributed by atoms with Crippen LogP contribution in [0.1, 0.15) is 36.9 Å². The third-order valence-electron chi connectivity index (χ3n) is 6.62. The number of halogens is 2. The lowest BCUT2D eigenvalue weighted by Gasteiger charge is -2.35. The number of hydrogen-bond donors (Lipinski definition) is 1. The van der Waals surface area contributed by atoms with Gasteiger partial charge in [0.1, 0.15) is 5.69 Å². The van der Waals surface area contributed by atoms with Crippen molar-refractivity contribution in [3.05, 3.63) is 74.8 Å². The van der Waals surface area contributed by atoms with Crippen molar-refractivity contribution in [1.29, 1.82) is 0 Å². The quantitative estimate of drug-likeness (QED) is 0.526. The highest BCUT2D eigenvalue weighted by Crippen LogP contribution is 2.43. The fourth-order valence-electron chi connectivity index (χ4n) is 4.81. The Morgan fingerprint density at radius 3 is 2.71 bits per heavy atom. The number of nitrogens with one attached hydrogen (secondary N) is 1. The first-order valence-corrected chi connectivity index (χ1v) is 12.2. The van der Waals surface area contributed by atoms with Crippen LogP contribution in [-0.4, -0.2) is 37.4 Å². The largest absolute Gasteiger partial charge is 0.492 e. The molecule has 1 saturated heterocycles. The van der Waals surface area contributed by atoms with Crippen LogP contribution in [0.15, 0.2) is 47.4 Å². The first-order chi connectivity index (χ1) is 16.5. The molecule has 1 saturated carbocycles. The Morgan fingerprint density at radius 2 is 2.03 bits per heavy atom. The first kappa shape index (κ1) is 22.9. The number of fused-ring (bicyclic) bond motifs is 1. The van der Waals surface area contributed by atoms with E-state index in [1.807, 2.05) is 47.5 Å². The van der Waals surface area contributed by atoms with Gasteiger partial charge in [-0.15, -0.1) is 0 Å². The standard InChI is InChI=1S/C27H29ClFN3O2/c1-17-15-31(13-12-30-17)25-23(29)14-22-24(27(25)34-2)32(21-10-11-21)16-19(26(22)33)5-3-4-18-6-8-20(28)9-7-18/h3-4,6-9,14,16-17,21,30H,5,10-13,15H2,1-2H3/b4-3+. The number of hydrogen-bond acceptors (Lipinski definition) is 4. The van der Waals surface area contributed by atoms with Crippen molar-refractivity contribution in [2.45, 2.75) is 38.3 Å². The number of rotatable bonds is 6. The Morgan fingerprint density at radius 1 is 1.26 bits per heavy atom. The second-order valence-corrected chi connectivity index (χ2v) is 9.65. The molecule has 1 unspecified atom stereocenters. The highest BCUT2D eigenvalue weighted by Gasteiger charge is 2.31. The molecule has 5 rings (SSSR count). The van der Waals surface area contributed by atoms with Gasteiger partial charge in [-0.1, -0.05) is 35.9 Å². The molecule has 0 radical (unpaired) electrons. The van der Waals surface area contributed by atoms with Gasteiger partial charge >= 0.3 is 0 Å². The zero-order valence-corrected chi connectivity index (χ0v) is 20.2. The Kier molecular flexibility index (Phi) is 6.36. The molecule has 0 amide bonds. The van der Waals surface area contributed by atoms with E-state index in [4.69, 9.17) is 16.3 Å².